The highest BCUT2D eigenvalue weighted by atomic mass is 32.2. The third-order valence-corrected chi connectivity index (χ3v) is 5.60. The second-order valence-corrected chi connectivity index (χ2v) is 7.66. The Hall–Kier alpha value is -1.94. The van der Waals surface area contributed by atoms with E-state index in [4.69, 9.17) is 0 Å². The van der Waals surface area contributed by atoms with Crippen molar-refractivity contribution >= 4 is 23.5 Å². The SMILES string of the molecule is Cc1cc(C)cc(NC(=O)N2CCSC(c3ccccc3)CC2)c1. The first-order valence-corrected chi connectivity index (χ1v) is 9.47. The van der Waals surface area contributed by atoms with Crippen LogP contribution in [0.2, 0.25) is 0 Å². The predicted molar refractivity (Wildman–Crippen MR) is 103 cm³/mol. The summed E-state index contributed by atoms with van der Waals surface area (Å²) in [6.07, 6.45) is 0.995. The van der Waals surface area contributed by atoms with E-state index in [-0.39, 0.29) is 6.03 Å². The lowest BCUT2D eigenvalue weighted by molar-refractivity contribution is 0.215. The highest BCUT2D eigenvalue weighted by Gasteiger charge is 2.22. The van der Waals surface area contributed by atoms with Crippen molar-refractivity contribution in [1.29, 1.82) is 0 Å². The van der Waals surface area contributed by atoms with Crippen molar-refractivity contribution in [3.05, 3.63) is 65.2 Å². The fourth-order valence-corrected chi connectivity index (χ4v) is 4.39. The Morgan fingerprint density at radius 1 is 1.08 bits per heavy atom. The molecule has 3 nitrogen and oxygen atoms in total. The molecule has 1 unspecified atom stereocenters. The predicted octanol–water partition coefficient (Wildman–Crippen LogP) is 5.02. The number of thioether (sulfide) groups is 1. The zero-order chi connectivity index (χ0) is 16.9. The minimum absolute atomic E-state index is 0.00862. The average molecular weight is 340 g/mol. The van der Waals surface area contributed by atoms with E-state index in [9.17, 15) is 4.79 Å². The molecule has 0 saturated carbocycles. The first kappa shape index (κ1) is 16.9. The number of benzene rings is 2. The van der Waals surface area contributed by atoms with Crippen molar-refractivity contribution in [1.82, 2.24) is 4.90 Å². The number of carbonyl (C=O) groups excluding carboxylic acids is 1. The monoisotopic (exact) mass is 340 g/mol. The van der Waals surface area contributed by atoms with Crippen LogP contribution in [0.4, 0.5) is 10.5 Å². The summed E-state index contributed by atoms with van der Waals surface area (Å²) in [6.45, 7) is 5.69. The molecule has 1 N–H and O–H groups in total. The van der Waals surface area contributed by atoms with E-state index in [0.717, 1.165) is 31.0 Å². The van der Waals surface area contributed by atoms with Gasteiger partial charge in [-0.05, 0) is 49.1 Å². The maximum atomic E-state index is 12.6. The quantitative estimate of drug-likeness (QED) is 0.833. The van der Waals surface area contributed by atoms with Crippen LogP contribution in [0.3, 0.4) is 0 Å². The molecule has 0 radical (unpaired) electrons. The lowest BCUT2D eigenvalue weighted by Gasteiger charge is -2.21. The van der Waals surface area contributed by atoms with E-state index in [1.54, 1.807) is 0 Å². The number of hydrogen-bond donors (Lipinski definition) is 1. The lowest BCUT2D eigenvalue weighted by Crippen LogP contribution is -2.36. The van der Waals surface area contributed by atoms with Gasteiger partial charge in [-0.1, -0.05) is 36.4 Å². The van der Waals surface area contributed by atoms with Gasteiger partial charge in [0.25, 0.3) is 0 Å². The van der Waals surface area contributed by atoms with Gasteiger partial charge in [-0.2, -0.15) is 11.8 Å². The van der Waals surface area contributed by atoms with E-state index in [0.29, 0.717) is 5.25 Å². The van der Waals surface area contributed by atoms with Gasteiger partial charge >= 0.3 is 6.03 Å². The highest BCUT2D eigenvalue weighted by Crippen LogP contribution is 2.34. The minimum Gasteiger partial charge on any atom is -0.324 e. The Morgan fingerprint density at radius 3 is 2.50 bits per heavy atom. The smallest absolute Gasteiger partial charge is 0.321 e. The summed E-state index contributed by atoms with van der Waals surface area (Å²) < 4.78 is 0. The number of aryl methyl sites for hydroxylation is 2. The number of carbonyl (C=O) groups is 1. The fraction of sp³-hybridized carbons (Fsp3) is 0.350. The fourth-order valence-electron chi connectivity index (χ4n) is 3.16. The standard InChI is InChI=1S/C20H24N2OS/c1-15-12-16(2)14-18(13-15)21-20(23)22-9-8-19(24-11-10-22)17-6-4-3-5-7-17/h3-7,12-14,19H,8-11H2,1-2H3,(H,21,23). The summed E-state index contributed by atoms with van der Waals surface area (Å²) in [4.78, 5) is 14.5. The topological polar surface area (TPSA) is 32.3 Å². The molecule has 0 spiro atoms. The largest absolute Gasteiger partial charge is 0.324 e. The molecule has 0 aliphatic carbocycles. The van der Waals surface area contributed by atoms with E-state index < -0.39 is 0 Å². The van der Waals surface area contributed by atoms with Crippen molar-refractivity contribution in [2.45, 2.75) is 25.5 Å². The van der Waals surface area contributed by atoms with Crippen molar-refractivity contribution in [2.24, 2.45) is 0 Å². The van der Waals surface area contributed by atoms with Gasteiger partial charge in [0.1, 0.15) is 0 Å². The van der Waals surface area contributed by atoms with Crippen LogP contribution in [-0.4, -0.2) is 29.8 Å². The van der Waals surface area contributed by atoms with E-state index in [1.807, 2.05) is 28.8 Å². The summed E-state index contributed by atoms with van der Waals surface area (Å²) in [5, 5.41) is 3.53. The Kier molecular flexibility index (Phi) is 5.46. The number of rotatable bonds is 2. The normalized spacial score (nSPS) is 18.1. The number of nitrogens with one attached hydrogen (secondary N) is 1. The van der Waals surface area contributed by atoms with Crippen LogP contribution in [-0.2, 0) is 0 Å². The summed E-state index contributed by atoms with van der Waals surface area (Å²) >= 11 is 1.95. The molecule has 0 aromatic heterocycles. The number of hydrogen-bond acceptors (Lipinski definition) is 2. The molecule has 1 aliphatic heterocycles. The number of nitrogens with zero attached hydrogens (tertiary/aromatic N) is 1. The molecule has 24 heavy (non-hydrogen) atoms. The number of anilines is 1. The first-order valence-electron chi connectivity index (χ1n) is 8.42. The van der Waals surface area contributed by atoms with Gasteiger partial charge in [0.2, 0.25) is 0 Å². The molecule has 4 heteroatoms. The van der Waals surface area contributed by atoms with Gasteiger partial charge in [-0.15, -0.1) is 0 Å². The molecular formula is C20H24N2OS. The van der Waals surface area contributed by atoms with Crippen molar-refractivity contribution < 1.29 is 4.79 Å². The molecule has 1 heterocycles. The zero-order valence-electron chi connectivity index (χ0n) is 14.3. The van der Waals surface area contributed by atoms with Crippen LogP contribution in [0.5, 0.6) is 0 Å². The Bertz CT molecular complexity index is 682. The van der Waals surface area contributed by atoms with Gasteiger partial charge < -0.3 is 10.2 Å². The van der Waals surface area contributed by atoms with Crippen molar-refractivity contribution in [3.63, 3.8) is 0 Å². The Labute approximate surface area is 148 Å². The molecule has 126 valence electrons. The summed E-state index contributed by atoms with van der Waals surface area (Å²) in [6, 6.07) is 16.8. The molecule has 1 atom stereocenters. The van der Waals surface area contributed by atoms with Gasteiger partial charge in [0, 0.05) is 29.8 Å². The molecule has 3 rings (SSSR count). The highest BCUT2D eigenvalue weighted by molar-refractivity contribution is 7.99. The molecule has 2 aromatic carbocycles. The summed E-state index contributed by atoms with van der Waals surface area (Å²) in [5.41, 5.74) is 4.58. The third kappa shape index (κ3) is 4.32. The van der Waals surface area contributed by atoms with Gasteiger partial charge in [0.05, 0.1) is 0 Å². The molecule has 0 bridgehead atoms. The van der Waals surface area contributed by atoms with Crippen LogP contribution in [0.1, 0.15) is 28.4 Å². The van der Waals surface area contributed by atoms with Crippen LogP contribution >= 0.6 is 11.8 Å². The molecule has 1 fully saturated rings. The maximum absolute atomic E-state index is 12.6. The summed E-state index contributed by atoms with van der Waals surface area (Å²) in [5.74, 6) is 0.972. The van der Waals surface area contributed by atoms with Crippen LogP contribution in [0.15, 0.2) is 48.5 Å². The molecule has 2 aromatic rings. The maximum Gasteiger partial charge on any atom is 0.321 e. The second kappa shape index (κ2) is 7.75. The van der Waals surface area contributed by atoms with Crippen molar-refractivity contribution in [3.8, 4) is 0 Å². The van der Waals surface area contributed by atoms with Gasteiger partial charge in [0.15, 0.2) is 0 Å². The van der Waals surface area contributed by atoms with Gasteiger partial charge in [-0.25, -0.2) is 4.79 Å². The van der Waals surface area contributed by atoms with Crippen LogP contribution in [0, 0.1) is 13.8 Å². The number of urea groups is 1. The Morgan fingerprint density at radius 2 is 1.79 bits per heavy atom. The second-order valence-electron chi connectivity index (χ2n) is 6.35. The summed E-state index contributed by atoms with van der Waals surface area (Å²) in [7, 11) is 0. The third-order valence-electron chi connectivity index (χ3n) is 4.27. The van der Waals surface area contributed by atoms with E-state index in [2.05, 4.69) is 55.6 Å². The van der Waals surface area contributed by atoms with E-state index >= 15 is 0 Å². The Balaban J connectivity index is 1.62. The number of amides is 2. The average Bonchev–Trinajstić information content (AvgIpc) is 2.81. The molecule has 1 saturated heterocycles. The molecular weight excluding hydrogens is 316 g/mol. The van der Waals surface area contributed by atoms with Crippen molar-refractivity contribution in [2.75, 3.05) is 24.2 Å². The lowest BCUT2D eigenvalue weighted by atomic mass is 10.1. The molecule has 2 amide bonds. The minimum atomic E-state index is 0.00862. The van der Waals surface area contributed by atoms with Gasteiger partial charge in [-0.3, -0.25) is 0 Å². The van der Waals surface area contributed by atoms with E-state index in [1.165, 1.54) is 16.7 Å². The zero-order valence-corrected chi connectivity index (χ0v) is 15.1. The van der Waals surface area contributed by atoms with Crippen LogP contribution in [0.25, 0.3) is 0 Å². The molecule has 1 aliphatic rings. The van der Waals surface area contributed by atoms with Crippen LogP contribution < -0.4 is 5.32 Å². The first-order chi connectivity index (χ1) is 11.6.